The van der Waals surface area contributed by atoms with E-state index >= 15 is 0 Å². The Hall–Kier alpha value is -1.06. The van der Waals surface area contributed by atoms with E-state index in [0.29, 0.717) is 24.7 Å². The summed E-state index contributed by atoms with van der Waals surface area (Å²) >= 11 is 1.04. The molecular weight excluding hydrogens is 363 g/mol. The lowest BCUT2D eigenvalue weighted by Crippen LogP contribution is -2.45. The first-order chi connectivity index (χ1) is 11.1. The maximum atomic E-state index is 12.8. The summed E-state index contributed by atoms with van der Waals surface area (Å²) in [5, 5.41) is -0.114. The number of carbonyl (C=O) groups is 1. The van der Waals surface area contributed by atoms with E-state index in [2.05, 4.69) is 0 Å². The second-order valence-corrected chi connectivity index (χ2v) is 8.68. The molecule has 1 heterocycles. The third-order valence-corrected chi connectivity index (χ3v) is 6.73. The van der Waals surface area contributed by atoms with E-state index in [-0.39, 0.29) is 22.6 Å². The second-order valence-electron chi connectivity index (χ2n) is 5.59. The Bertz CT molecular complexity index is 704. The lowest BCUT2D eigenvalue weighted by molar-refractivity contribution is -0.137. The predicted octanol–water partition coefficient (Wildman–Crippen LogP) is 3.53. The number of benzene rings is 1. The summed E-state index contributed by atoms with van der Waals surface area (Å²) in [4.78, 5) is 10.8. The van der Waals surface area contributed by atoms with Crippen LogP contribution < -0.4 is 0 Å². The molecule has 2 rings (SSSR count). The van der Waals surface area contributed by atoms with Crippen molar-refractivity contribution in [2.75, 3.05) is 12.3 Å². The van der Waals surface area contributed by atoms with Crippen molar-refractivity contribution in [1.82, 2.24) is 4.31 Å². The van der Waals surface area contributed by atoms with Crippen molar-refractivity contribution in [2.24, 2.45) is 0 Å². The average Bonchev–Trinajstić information content (AvgIpc) is 2.52. The first-order valence-electron chi connectivity index (χ1n) is 7.45. The van der Waals surface area contributed by atoms with Crippen molar-refractivity contribution in [3.05, 3.63) is 29.8 Å². The molecule has 0 spiro atoms. The fraction of sp³-hybridized carbons (Fsp3) is 0.533. The van der Waals surface area contributed by atoms with Crippen molar-refractivity contribution < 1.29 is 26.4 Å². The molecule has 0 bridgehead atoms. The fourth-order valence-corrected chi connectivity index (χ4v) is 5.25. The third kappa shape index (κ3) is 4.52. The van der Waals surface area contributed by atoms with Crippen LogP contribution in [0.4, 0.5) is 13.2 Å². The molecule has 134 valence electrons. The van der Waals surface area contributed by atoms with Gasteiger partial charge in [0.25, 0.3) is 0 Å². The van der Waals surface area contributed by atoms with Crippen LogP contribution >= 0.6 is 11.8 Å². The molecule has 1 saturated heterocycles. The molecule has 0 aromatic heterocycles. The van der Waals surface area contributed by atoms with Gasteiger partial charge in [-0.25, -0.2) is 8.42 Å². The van der Waals surface area contributed by atoms with E-state index in [0.717, 1.165) is 30.3 Å². The molecule has 0 saturated carbocycles. The van der Waals surface area contributed by atoms with Gasteiger partial charge in [-0.1, -0.05) is 24.2 Å². The highest BCUT2D eigenvalue weighted by Gasteiger charge is 2.36. The first kappa shape index (κ1) is 19.3. The minimum absolute atomic E-state index is 0.114. The minimum atomic E-state index is -4.60. The van der Waals surface area contributed by atoms with Crippen molar-refractivity contribution >= 4 is 26.9 Å². The average molecular weight is 381 g/mol. The Morgan fingerprint density at radius 3 is 2.67 bits per heavy atom. The number of halogens is 3. The van der Waals surface area contributed by atoms with Crippen LogP contribution in [-0.2, 0) is 21.0 Å². The molecule has 1 unspecified atom stereocenters. The maximum absolute atomic E-state index is 12.8. The summed E-state index contributed by atoms with van der Waals surface area (Å²) in [5.74, 6) is 0.313. The van der Waals surface area contributed by atoms with Gasteiger partial charge in [-0.05, 0) is 31.0 Å². The van der Waals surface area contributed by atoms with E-state index in [1.807, 2.05) is 0 Å². The largest absolute Gasteiger partial charge is 0.416 e. The van der Waals surface area contributed by atoms with Crippen LogP contribution in [0, 0.1) is 0 Å². The number of sulfonamides is 1. The van der Waals surface area contributed by atoms with Crippen molar-refractivity contribution in [3.8, 4) is 0 Å². The number of piperidine rings is 1. The molecule has 1 aromatic carbocycles. The number of hydrogen-bond donors (Lipinski definition) is 0. The quantitative estimate of drug-likeness (QED) is 0.801. The maximum Gasteiger partial charge on any atom is 0.416 e. The minimum Gasteiger partial charge on any atom is -0.288 e. The van der Waals surface area contributed by atoms with Gasteiger partial charge in [0, 0.05) is 25.3 Å². The fourth-order valence-electron chi connectivity index (χ4n) is 2.64. The summed E-state index contributed by atoms with van der Waals surface area (Å²) in [6.07, 6.45) is -2.52. The Balaban J connectivity index is 2.32. The summed E-state index contributed by atoms with van der Waals surface area (Å²) in [6.45, 7) is 1.65. The molecule has 0 radical (unpaired) electrons. The van der Waals surface area contributed by atoms with Gasteiger partial charge in [0.1, 0.15) is 0 Å². The molecule has 24 heavy (non-hydrogen) atoms. The van der Waals surface area contributed by atoms with E-state index in [1.54, 1.807) is 0 Å². The molecule has 0 amide bonds. The van der Waals surface area contributed by atoms with E-state index in [9.17, 15) is 26.4 Å². The van der Waals surface area contributed by atoms with Gasteiger partial charge in [-0.3, -0.25) is 4.79 Å². The summed E-state index contributed by atoms with van der Waals surface area (Å²) < 4.78 is 65.3. The van der Waals surface area contributed by atoms with Gasteiger partial charge in [0.05, 0.1) is 10.5 Å². The molecule has 1 fully saturated rings. The third-order valence-electron chi connectivity index (χ3n) is 3.82. The summed E-state index contributed by atoms with van der Waals surface area (Å²) in [5.41, 5.74) is -0.991. The van der Waals surface area contributed by atoms with Crippen LogP contribution in [0.15, 0.2) is 29.2 Å². The number of alkyl halides is 3. The molecule has 1 aliphatic rings. The molecule has 1 atom stereocenters. The van der Waals surface area contributed by atoms with Gasteiger partial charge < -0.3 is 0 Å². The molecule has 9 heteroatoms. The lowest BCUT2D eigenvalue weighted by atomic mass is 10.1. The Morgan fingerprint density at radius 2 is 2.04 bits per heavy atom. The second kappa shape index (κ2) is 7.45. The molecule has 4 nitrogen and oxygen atoms in total. The number of nitrogens with zero attached hydrogens (tertiary/aromatic N) is 1. The van der Waals surface area contributed by atoms with Crippen molar-refractivity contribution in [1.29, 1.82) is 0 Å². The molecular formula is C15H18F3NO3S2. The van der Waals surface area contributed by atoms with Crippen molar-refractivity contribution in [3.63, 3.8) is 0 Å². The lowest BCUT2D eigenvalue weighted by Gasteiger charge is -2.34. The van der Waals surface area contributed by atoms with Gasteiger partial charge in [-0.2, -0.15) is 17.5 Å². The highest BCUT2D eigenvalue weighted by Crippen LogP contribution is 2.33. The molecule has 0 aliphatic carbocycles. The van der Waals surface area contributed by atoms with E-state index < -0.39 is 21.8 Å². The zero-order valence-corrected chi connectivity index (χ0v) is 14.7. The molecule has 1 aromatic rings. The van der Waals surface area contributed by atoms with Crippen LogP contribution in [0.3, 0.4) is 0 Å². The number of rotatable bonds is 4. The topological polar surface area (TPSA) is 54.5 Å². The Morgan fingerprint density at radius 1 is 1.33 bits per heavy atom. The smallest absolute Gasteiger partial charge is 0.288 e. The summed E-state index contributed by atoms with van der Waals surface area (Å²) in [6, 6.07) is 3.40. The van der Waals surface area contributed by atoms with Crippen LogP contribution in [0.25, 0.3) is 0 Å². The van der Waals surface area contributed by atoms with Gasteiger partial charge >= 0.3 is 6.18 Å². The number of thioether (sulfide) groups is 1. The van der Waals surface area contributed by atoms with Crippen LogP contribution in [0.5, 0.6) is 0 Å². The van der Waals surface area contributed by atoms with Gasteiger partial charge in [0.2, 0.25) is 10.0 Å². The number of hydrogen-bond acceptors (Lipinski definition) is 4. The number of carbonyl (C=O) groups excluding carboxylic acids is 1. The first-order valence-corrected chi connectivity index (χ1v) is 9.87. The van der Waals surface area contributed by atoms with Crippen LogP contribution in [0.2, 0.25) is 0 Å². The van der Waals surface area contributed by atoms with Crippen LogP contribution in [-0.4, -0.2) is 36.2 Å². The SMILES string of the molecule is CC(=O)SCC1CCCCN1S(=O)(=O)c1cccc(C(F)(F)F)c1. The van der Waals surface area contributed by atoms with E-state index in [4.69, 9.17) is 0 Å². The predicted molar refractivity (Wildman–Crippen MR) is 86.1 cm³/mol. The highest BCUT2D eigenvalue weighted by molar-refractivity contribution is 8.13. The van der Waals surface area contributed by atoms with Crippen molar-refractivity contribution in [2.45, 2.75) is 43.3 Å². The zero-order valence-electron chi connectivity index (χ0n) is 13.0. The standard InChI is InChI=1S/C15H18F3NO3S2/c1-11(20)23-10-13-6-2-3-8-19(13)24(21,22)14-7-4-5-12(9-14)15(16,17)18/h4-5,7,9,13H,2-3,6,8,10H2,1H3. The normalized spacial score (nSPS) is 20.1. The van der Waals surface area contributed by atoms with Gasteiger partial charge in [-0.15, -0.1) is 0 Å². The van der Waals surface area contributed by atoms with Gasteiger partial charge in [0.15, 0.2) is 5.12 Å². The highest BCUT2D eigenvalue weighted by atomic mass is 32.2. The molecule has 0 N–H and O–H groups in total. The summed E-state index contributed by atoms with van der Waals surface area (Å²) in [7, 11) is -4.03. The van der Waals surface area contributed by atoms with E-state index in [1.165, 1.54) is 17.3 Å². The molecule has 1 aliphatic heterocycles. The monoisotopic (exact) mass is 381 g/mol. The van der Waals surface area contributed by atoms with Crippen LogP contribution in [0.1, 0.15) is 31.7 Å². The Kier molecular flexibility index (Phi) is 5.98. The zero-order chi connectivity index (χ0) is 18.0. The Labute approximate surface area is 143 Å².